The minimum absolute atomic E-state index is 0.0924. The van der Waals surface area contributed by atoms with E-state index in [-0.39, 0.29) is 11.0 Å². The molecule has 1 aromatic carbocycles. The highest BCUT2D eigenvalue weighted by molar-refractivity contribution is 5.60. The molecule has 4 heteroatoms. The first-order valence-electron chi connectivity index (χ1n) is 9.86. The molecule has 4 aliphatic carbocycles. The fourth-order valence-electron chi connectivity index (χ4n) is 6.19. The Morgan fingerprint density at radius 3 is 2.15 bits per heavy atom. The van der Waals surface area contributed by atoms with Crippen molar-refractivity contribution < 1.29 is 0 Å². The van der Waals surface area contributed by atoms with Crippen LogP contribution < -0.4 is 0 Å². The second-order valence-electron chi connectivity index (χ2n) is 8.67. The average molecular weight is 354 g/mol. The largest absolute Gasteiger partial charge is 0.300 e. The molecule has 4 fully saturated rings. The lowest BCUT2D eigenvalue weighted by Gasteiger charge is -2.56. The smallest absolute Gasteiger partial charge is 0.139 e. The summed E-state index contributed by atoms with van der Waals surface area (Å²) in [6, 6.07) is 14.0. The van der Waals surface area contributed by atoms with Gasteiger partial charge in [-0.2, -0.15) is 10.5 Å². The molecule has 1 heterocycles. The molecule has 134 valence electrons. The highest BCUT2D eigenvalue weighted by atomic mass is 15.1. The Balaban J connectivity index is 1.63. The normalized spacial score (nSPS) is 30.5. The van der Waals surface area contributed by atoms with E-state index in [9.17, 15) is 10.5 Å². The van der Waals surface area contributed by atoms with Gasteiger partial charge in [0.05, 0.1) is 5.69 Å². The van der Waals surface area contributed by atoms with Crippen molar-refractivity contribution in [3.8, 4) is 17.8 Å². The predicted octanol–water partition coefficient (Wildman–Crippen LogP) is 4.77. The summed E-state index contributed by atoms with van der Waals surface area (Å²) in [5.74, 6) is 3.24. The lowest BCUT2D eigenvalue weighted by atomic mass is 9.49. The second-order valence-corrected chi connectivity index (χ2v) is 8.67. The van der Waals surface area contributed by atoms with Crippen molar-refractivity contribution in [2.45, 2.75) is 43.9 Å². The summed E-state index contributed by atoms with van der Waals surface area (Å²) >= 11 is 0. The van der Waals surface area contributed by atoms with Crippen molar-refractivity contribution in [1.82, 2.24) is 9.55 Å². The molecular formula is C23H22N4. The van der Waals surface area contributed by atoms with E-state index in [2.05, 4.69) is 6.20 Å². The van der Waals surface area contributed by atoms with Crippen LogP contribution in [0.2, 0.25) is 0 Å². The molecule has 0 amide bonds. The molecule has 0 unspecified atom stereocenters. The molecule has 4 saturated carbocycles. The Kier molecular flexibility index (Phi) is 3.69. The average Bonchev–Trinajstić information content (AvgIpc) is 3.10. The molecule has 2 aromatic rings. The van der Waals surface area contributed by atoms with Crippen LogP contribution in [0.3, 0.4) is 0 Å². The van der Waals surface area contributed by atoms with Crippen LogP contribution in [-0.2, 0) is 5.41 Å². The van der Waals surface area contributed by atoms with E-state index in [1.54, 1.807) is 6.08 Å². The first kappa shape index (κ1) is 16.3. The Labute approximate surface area is 159 Å². The van der Waals surface area contributed by atoms with Gasteiger partial charge < -0.3 is 0 Å². The molecule has 0 atom stereocenters. The summed E-state index contributed by atoms with van der Waals surface area (Å²) in [6.07, 6.45) is 11.7. The van der Waals surface area contributed by atoms with Crippen LogP contribution in [-0.4, -0.2) is 9.55 Å². The van der Waals surface area contributed by atoms with Crippen LogP contribution in [0.25, 0.3) is 11.8 Å². The van der Waals surface area contributed by atoms with Crippen molar-refractivity contribution in [2.24, 2.45) is 17.8 Å². The zero-order valence-corrected chi connectivity index (χ0v) is 15.3. The van der Waals surface area contributed by atoms with Gasteiger partial charge in [-0.15, -0.1) is 0 Å². The fraction of sp³-hybridized carbons (Fsp3) is 0.435. The molecule has 1 aromatic heterocycles. The van der Waals surface area contributed by atoms with E-state index >= 15 is 0 Å². The molecule has 4 bridgehead atoms. The SMILES string of the molecule is N#CC(C#N)=Cc1nc(C23CC4CC(CC(C4)C2)C3)cn1-c1ccccc1. The molecule has 0 aliphatic heterocycles. The van der Waals surface area contributed by atoms with E-state index in [1.807, 2.05) is 47.0 Å². The van der Waals surface area contributed by atoms with E-state index in [0.29, 0.717) is 5.82 Å². The number of para-hydroxylation sites is 1. The topological polar surface area (TPSA) is 65.4 Å². The fourth-order valence-corrected chi connectivity index (χ4v) is 6.19. The van der Waals surface area contributed by atoms with Gasteiger partial charge in [0.15, 0.2) is 0 Å². The second kappa shape index (κ2) is 6.10. The number of allylic oxidation sites excluding steroid dienone is 1. The first-order valence-corrected chi connectivity index (χ1v) is 9.86. The number of rotatable bonds is 3. The summed E-state index contributed by atoms with van der Waals surface area (Å²) in [7, 11) is 0. The van der Waals surface area contributed by atoms with Crippen LogP contribution in [0.1, 0.15) is 50.0 Å². The van der Waals surface area contributed by atoms with Gasteiger partial charge in [-0.25, -0.2) is 4.98 Å². The maximum absolute atomic E-state index is 9.21. The van der Waals surface area contributed by atoms with Crippen LogP contribution >= 0.6 is 0 Å². The minimum atomic E-state index is 0.0924. The summed E-state index contributed by atoms with van der Waals surface area (Å²) in [5.41, 5.74) is 2.46. The first-order chi connectivity index (χ1) is 13.2. The summed E-state index contributed by atoms with van der Waals surface area (Å²) in [5, 5.41) is 18.4. The predicted molar refractivity (Wildman–Crippen MR) is 103 cm³/mol. The summed E-state index contributed by atoms with van der Waals surface area (Å²) < 4.78 is 2.04. The lowest BCUT2D eigenvalue weighted by molar-refractivity contribution is -0.00705. The number of benzene rings is 1. The van der Waals surface area contributed by atoms with Crippen LogP contribution in [0.5, 0.6) is 0 Å². The molecule has 27 heavy (non-hydrogen) atoms. The lowest BCUT2D eigenvalue weighted by Crippen LogP contribution is -2.48. The van der Waals surface area contributed by atoms with Gasteiger partial charge in [0.1, 0.15) is 23.5 Å². The van der Waals surface area contributed by atoms with Crippen molar-refractivity contribution in [1.29, 1.82) is 10.5 Å². The van der Waals surface area contributed by atoms with Crippen LogP contribution in [0, 0.1) is 40.4 Å². The van der Waals surface area contributed by atoms with Crippen molar-refractivity contribution in [3.05, 3.63) is 53.6 Å². The van der Waals surface area contributed by atoms with Gasteiger partial charge >= 0.3 is 0 Å². The minimum Gasteiger partial charge on any atom is -0.300 e. The monoisotopic (exact) mass is 354 g/mol. The van der Waals surface area contributed by atoms with E-state index in [0.717, 1.165) is 29.1 Å². The highest BCUT2D eigenvalue weighted by Crippen LogP contribution is 2.60. The van der Waals surface area contributed by atoms with Crippen LogP contribution in [0.15, 0.2) is 42.1 Å². The molecule has 4 aliphatic rings. The number of imidazole rings is 1. The van der Waals surface area contributed by atoms with Gasteiger partial charge in [0.2, 0.25) is 0 Å². The summed E-state index contributed by atoms with van der Waals surface area (Å²) in [4.78, 5) is 5.00. The number of hydrogen-bond donors (Lipinski definition) is 0. The van der Waals surface area contributed by atoms with E-state index in [4.69, 9.17) is 4.98 Å². The van der Waals surface area contributed by atoms with Gasteiger partial charge in [-0.1, -0.05) is 18.2 Å². The zero-order valence-electron chi connectivity index (χ0n) is 15.3. The van der Waals surface area contributed by atoms with Crippen molar-refractivity contribution in [3.63, 3.8) is 0 Å². The Morgan fingerprint density at radius 2 is 1.59 bits per heavy atom. The van der Waals surface area contributed by atoms with Gasteiger partial charge in [-0.3, -0.25) is 4.57 Å². The molecule has 0 saturated heterocycles. The van der Waals surface area contributed by atoms with Gasteiger partial charge in [0, 0.05) is 23.4 Å². The van der Waals surface area contributed by atoms with Crippen molar-refractivity contribution >= 4 is 6.08 Å². The molecule has 0 radical (unpaired) electrons. The van der Waals surface area contributed by atoms with Gasteiger partial charge in [-0.05, 0) is 68.4 Å². The standard InChI is InChI=1S/C23H22N4/c24-13-19(14-25)9-22-26-21(15-27(22)20-4-2-1-3-5-20)23-10-16-6-17(11-23)8-18(7-16)12-23/h1-5,9,15-18H,6-8,10-12H2. The quantitative estimate of drug-likeness (QED) is 0.746. The van der Waals surface area contributed by atoms with Crippen LogP contribution in [0.4, 0.5) is 0 Å². The maximum Gasteiger partial charge on any atom is 0.139 e. The zero-order chi connectivity index (χ0) is 18.4. The third kappa shape index (κ3) is 2.68. The third-order valence-electron chi connectivity index (χ3n) is 6.86. The van der Waals surface area contributed by atoms with E-state index in [1.165, 1.54) is 38.5 Å². The number of nitrogens with zero attached hydrogens (tertiary/aromatic N) is 4. The molecule has 0 spiro atoms. The molecule has 6 rings (SSSR count). The molecule has 4 nitrogen and oxygen atoms in total. The van der Waals surface area contributed by atoms with E-state index < -0.39 is 0 Å². The van der Waals surface area contributed by atoms with Gasteiger partial charge in [0.25, 0.3) is 0 Å². The third-order valence-corrected chi connectivity index (χ3v) is 6.86. The van der Waals surface area contributed by atoms with Crippen molar-refractivity contribution in [2.75, 3.05) is 0 Å². The molecule has 0 N–H and O–H groups in total. The highest BCUT2D eigenvalue weighted by Gasteiger charge is 2.52. The summed E-state index contributed by atoms with van der Waals surface area (Å²) in [6.45, 7) is 0. The number of aromatic nitrogens is 2. The molecular weight excluding hydrogens is 332 g/mol. The number of nitriles is 2. The maximum atomic E-state index is 9.21. The Bertz CT molecular complexity index is 932. The Morgan fingerprint density at radius 1 is 1.00 bits per heavy atom. The Hall–Kier alpha value is -2.85. The number of hydrogen-bond acceptors (Lipinski definition) is 3.